The SMILES string of the molecule is Cc1cc(Nc2nn(C)cc2N)ccc1F. The summed E-state index contributed by atoms with van der Waals surface area (Å²) in [6.45, 7) is 1.71. The van der Waals surface area contributed by atoms with Gasteiger partial charge >= 0.3 is 0 Å². The number of nitrogens with one attached hydrogen (secondary N) is 1. The third-order valence-corrected chi connectivity index (χ3v) is 2.28. The summed E-state index contributed by atoms with van der Waals surface area (Å²) in [6, 6.07) is 4.77. The van der Waals surface area contributed by atoms with Gasteiger partial charge in [-0.3, -0.25) is 4.68 Å². The van der Waals surface area contributed by atoms with E-state index in [9.17, 15) is 4.39 Å². The molecule has 0 amide bonds. The number of hydrogen-bond donors (Lipinski definition) is 2. The zero-order valence-electron chi connectivity index (χ0n) is 9.16. The van der Waals surface area contributed by atoms with Gasteiger partial charge in [-0.1, -0.05) is 0 Å². The summed E-state index contributed by atoms with van der Waals surface area (Å²) in [5.41, 5.74) is 7.65. The number of halogens is 1. The van der Waals surface area contributed by atoms with E-state index in [-0.39, 0.29) is 5.82 Å². The van der Waals surface area contributed by atoms with Gasteiger partial charge in [0.2, 0.25) is 0 Å². The Hall–Kier alpha value is -2.04. The van der Waals surface area contributed by atoms with E-state index in [1.165, 1.54) is 6.07 Å². The predicted molar refractivity (Wildman–Crippen MR) is 62.0 cm³/mol. The zero-order chi connectivity index (χ0) is 11.7. The summed E-state index contributed by atoms with van der Waals surface area (Å²) in [5, 5.41) is 7.18. The maximum atomic E-state index is 13.0. The molecule has 0 fully saturated rings. The van der Waals surface area contributed by atoms with Gasteiger partial charge in [0.1, 0.15) is 5.82 Å². The van der Waals surface area contributed by atoms with E-state index in [0.717, 1.165) is 5.69 Å². The van der Waals surface area contributed by atoms with E-state index in [0.29, 0.717) is 17.1 Å². The molecule has 0 saturated carbocycles. The first-order valence-corrected chi connectivity index (χ1v) is 4.88. The predicted octanol–water partition coefficient (Wildman–Crippen LogP) is 2.19. The zero-order valence-corrected chi connectivity index (χ0v) is 9.16. The Labute approximate surface area is 92.9 Å². The molecule has 0 aliphatic heterocycles. The number of hydrogen-bond acceptors (Lipinski definition) is 3. The van der Waals surface area contributed by atoms with E-state index < -0.39 is 0 Å². The van der Waals surface area contributed by atoms with E-state index in [1.807, 2.05) is 0 Å². The van der Waals surface area contributed by atoms with Gasteiger partial charge in [-0.25, -0.2) is 4.39 Å². The normalized spacial score (nSPS) is 10.4. The van der Waals surface area contributed by atoms with Gasteiger partial charge in [-0.05, 0) is 30.7 Å². The summed E-state index contributed by atoms with van der Waals surface area (Å²) >= 11 is 0. The molecule has 0 saturated heterocycles. The van der Waals surface area contributed by atoms with Gasteiger partial charge in [0.15, 0.2) is 5.82 Å². The first-order chi connectivity index (χ1) is 7.56. The number of rotatable bonds is 2. The van der Waals surface area contributed by atoms with Crippen LogP contribution in [0, 0.1) is 12.7 Å². The van der Waals surface area contributed by atoms with Gasteiger partial charge in [0, 0.05) is 18.9 Å². The lowest BCUT2D eigenvalue weighted by Crippen LogP contribution is -1.96. The summed E-state index contributed by atoms with van der Waals surface area (Å²) < 4.78 is 14.7. The van der Waals surface area contributed by atoms with Crippen molar-refractivity contribution in [2.75, 3.05) is 11.1 Å². The maximum absolute atomic E-state index is 13.0. The van der Waals surface area contributed by atoms with Crippen molar-refractivity contribution in [2.45, 2.75) is 6.92 Å². The molecule has 0 spiro atoms. The highest BCUT2D eigenvalue weighted by Gasteiger charge is 2.05. The molecule has 5 heteroatoms. The van der Waals surface area contributed by atoms with Gasteiger partial charge < -0.3 is 11.1 Å². The molecule has 1 aromatic heterocycles. The molecule has 4 nitrogen and oxygen atoms in total. The van der Waals surface area contributed by atoms with Crippen LogP contribution in [0.1, 0.15) is 5.56 Å². The standard InChI is InChI=1S/C11H13FN4/c1-7-5-8(3-4-9(7)12)14-11-10(13)6-16(2)15-11/h3-6H,13H2,1-2H3,(H,14,15). The topological polar surface area (TPSA) is 55.9 Å². The highest BCUT2D eigenvalue weighted by Crippen LogP contribution is 2.22. The van der Waals surface area contributed by atoms with E-state index >= 15 is 0 Å². The fourth-order valence-electron chi connectivity index (χ4n) is 1.46. The quantitative estimate of drug-likeness (QED) is 0.815. The minimum atomic E-state index is -0.223. The summed E-state index contributed by atoms with van der Waals surface area (Å²) in [7, 11) is 1.79. The molecular weight excluding hydrogens is 207 g/mol. The Kier molecular flexibility index (Phi) is 2.52. The van der Waals surface area contributed by atoms with Crippen LogP contribution < -0.4 is 11.1 Å². The van der Waals surface area contributed by atoms with E-state index in [1.54, 1.807) is 37.0 Å². The summed E-state index contributed by atoms with van der Waals surface area (Å²) in [6.07, 6.45) is 1.71. The first-order valence-electron chi connectivity index (χ1n) is 4.88. The van der Waals surface area contributed by atoms with E-state index in [4.69, 9.17) is 5.73 Å². The molecule has 3 N–H and O–H groups in total. The molecule has 0 bridgehead atoms. The van der Waals surface area contributed by atoms with Crippen molar-refractivity contribution in [3.8, 4) is 0 Å². The highest BCUT2D eigenvalue weighted by molar-refractivity contribution is 5.68. The van der Waals surface area contributed by atoms with Crippen LogP contribution in [0.4, 0.5) is 21.6 Å². The molecule has 0 unspecified atom stereocenters. The number of nitrogens with zero attached hydrogens (tertiary/aromatic N) is 2. The van der Waals surface area contributed by atoms with Crippen LogP contribution >= 0.6 is 0 Å². The van der Waals surface area contributed by atoms with Crippen molar-refractivity contribution < 1.29 is 4.39 Å². The lowest BCUT2D eigenvalue weighted by molar-refractivity contribution is 0.619. The Bertz CT molecular complexity index is 519. The van der Waals surface area contributed by atoms with Crippen molar-refractivity contribution in [2.24, 2.45) is 7.05 Å². The average Bonchev–Trinajstić information content (AvgIpc) is 2.51. The summed E-state index contributed by atoms with van der Waals surface area (Å²) in [4.78, 5) is 0. The Balaban J connectivity index is 2.27. The second-order valence-electron chi connectivity index (χ2n) is 3.70. The van der Waals surface area contributed by atoms with Gasteiger partial charge in [-0.15, -0.1) is 0 Å². The molecule has 0 aliphatic carbocycles. The van der Waals surface area contributed by atoms with Crippen LogP contribution in [0.25, 0.3) is 0 Å². The van der Waals surface area contributed by atoms with E-state index in [2.05, 4.69) is 10.4 Å². The van der Waals surface area contributed by atoms with Crippen molar-refractivity contribution >= 4 is 17.2 Å². The molecule has 1 aromatic carbocycles. The number of anilines is 3. The molecular formula is C11H13FN4. The average molecular weight is 220 g/mol. The van der Waals surface area contributed by atoms with Crippen molar-refractivity contribution in [3.63, 3.8) is 0 Å². The number of aryl methyl sites for hydroxylation is 2. The number of nitrogens with two attached hydrogens (primary N) is 1. The van der Waals surface area contributed by atoms with Crippen LogP contribution in [0.15, 0.2) is 24.4 Å². The van der Waals surface area contributed by atoms with Gasteiger partial charge in [0.05, 0.1) is 5.69 Å². The largest absolute Gasteiger partial charge is 0.394 e. The number of nitrogen functional groups attached to an aromatic ring is 1. The van der Waals surface area contributed by atoms with Crippen LogP contribution in [-0.4, -0.2) is 9.78 Å². The van der Waals surface area contributed by atoms with Gasteiger partial charge in [-0.2, -0.15) is 5.10 Å². The number of benzene rings is 1. The molecule has 0 radical (unpaired) electrons. The molecule has 16 heavy (non-hydrogen) atoms. The lowest BCUT2D eigenvalue weighted by Gasteiger charge is -2.05. The molecule has 0 atom stereocenters. The third kappa shape index (κ3) is 1.98. The molecule has 2 aromatic rings. The third-order valence-electron chi connectivity index (χ3n) is 2.28. The molecule has 2 rings (SSSR count). The Morgan fingerprint density at radius 2 is 2.19 bits per heavy atom. The smallest absolute Gasteiger partial charge is 0.175 e. The minimum absolute atomic E-state index is 0.223. The highest BCUT2D eigenvalue weighted by atomic mass is 19.1. The van der Waals surface area contributed by atoms with Crippen LogP contribution in [0.5, 0.6) is 0 Å². The maximum Gasteiger partial charge on any atom is 0.175 e. The lowest BCUT2D eigenvalue weighted by atomic mass is 10.2. The van der Waals surface area contributed by atoms with Crippen LogP contribution in [-0.2, 0) is 7.05 Å². The fourth-order valence-corrected chi connectivity index (χ4v) is 1.46. The monoisotopic (exact) mass is 220 g/mol. The van der Waals surface area contributed by atoms with Crippen LogP contribution in [0.2, 0.25) is 0 Å². The Morgan fingerprint density at radius 3 is 2.75 bits per heavy atom. The van der Waals surface area contributed by atoms with Crippen LogP contribution in [0.3, 0.4) is 0 Å². The fraction of sp³-hybridized carbons (Fsp3) is 0.182. The molecule has 0 aliphatic rings. The van der Waals surface area contributed by atoms with Crippen molar-refractivity contribution in [3.05, 3.63) is 35.8 Å². The van der Waals surface area contributed by atoms with Crippen molar-refractivity contribution in [1.82, 2.24) is 9.78 Å². The minimum Gasteiger partial charge on any atom is -0.394 e. The molecule has 1 heterocycles. The second-order valence-corrected chi connectivity index (χ2v) is 3.70. The molecule has 84 valence electrons. The van der Waals surface area contributed by atoms with Crippen molar-refractivity contribution in [1.29, 1.82) is 0 Å². The van der Waals surface area contributed by atoms with Gasteiger partial charge in [0.25, 0.3) is 0 Å². The second kappa shape index (κ2) is 3.84. The first kappa shape index (κ1) is 10.5. The summed E-state index contributed by atoms with van der Waals surface area (Å²) in [5.74, 6) is 0.355. The number of aromatic nitrogens is 2. The Morgan fingerprint density at radius 1 is 1.44 bits per heavy atom.